The van der Waals surface area contributed by atoms with Crippen LogP contribution in [0, 0.1) is 5.92 Å². The fourth-order valence-corrected chi connectivity index (χ4v) is 4.09. The highest BCUT2D eigenvalue weighted by molar-refractivity contribution is 14.1. The van der Waals surface area contributed by atoms with Crippen molar-refractivity contribution >= 4 is 28.4 Å². The van der Waals surface area contributed by atoms with Crippen molar-refractivity contribution in [2.45, 2.75) is 18.9 Å². The number of carbonyl (C=O) groups excluding carboxylic acids is 1. The monoisotopic (exact) mass is 470 g/mol. The number of halogens is 1. The Labute approximate surface area is 174 Å². The zero-order valence-corrected chi connectivity index (χ0v) is 17.5. The molecule has 27 heavy (non-hydrogen) atoms. The van der Waals surface area contributed by atoms with E-state index in [9.17, 15) is 9.90 Å². The van der Waals surface area contributed by atoms with Crippen molar-refractivity contribution in [3.63, 3.8) is 0 Å². The average Bonchev–Trinajstić information content (AvgIpc) is 2.74. The molecule has 3 rings (SSSR count). The summed E-state index contributed by atoms with van der Waals surface area (Å²) in [5.74, 6) is 0.277. The maximum absolute atomic E-state index is 11.9. The number of carbonyl (C=O) groups is 1. The van der Waals surface area contributed by atoms with E-state index in [4.69, 9.17) is 0 Å². The van der Waals surface area contributed by atoms with E-state index in [1.54, 1.807) is 0 Å². The standard InChI is InChI=1S/C24H23IO2/c1-18(23(26)17-25)16-19-12-14-22(15-13-19)24(27,20-8-4-2-5-9-20)21-10-6-3-7-11-21/h2-15,18,27H,16-17H2,1H3. The third-order valence-corrected chi connectivity index (χ3v) is 5.73. The van der Waals surface area contributed by atoms with E-state index in [0.29, 0.717) is 4.43 Å². The number of hydrogen-bond acceptors (Lipinski definition) is 2. The highest BCUT2D eigenvalue weighted by Crippen LogP contribution is 2.36. The molecule has 1 atom stereocenters. The molecule has 0 saturated carbocycles. The molecule has 138 valence electrons. The van der Waals surface area contributed by atoms with Crippen LogP contribution in [0.1, 0.15) is 29.2 Å². The van der Waals surface area contributed by atoms with Gasteiger partial charge in [-0.25, -0.2) is 0 Å². The van der Waals surface area contributed by atoms with Crippen molar-refractivity contribution in [2.75, 3.05) is 4.43 Å². The van der Waals surface area contributed by atoms with E-state index in [2.05, 4.69) is 22.6 Å². The summed E-state index contributed by atoms with van der Waals surface area (Å²) in [6.07, 6.45) is 0.719. The van der Waals surface area contributed by atoms with E-state index < -0.39 is 5.60 Å². The minimum absolute atomic E-state index is 0.00915. The molecule has 3 aromatic carbocycles. The van der Waals surface area contributed by atoms with Crippen LogP contribution in [0.2, 0.25) is 0 Å². The first-order valence-electron chi connectivity index (χ1n) is 9.07. The molecule has 2 nitrogen and oxygen atoms in total. The molecule has 3 aromatic rings. The lowest BCUT2D eigenvalue weighted by Gasteiger charge is -2.30. The lowest BCUT2D eigenvalue weighted by Crippen LogP contribution is -2.28. The Morgan fingerprint density at radius 1 is 0.852 bits per heavy atom. The van der Waals surface area contributed by atoms with Gasteiger partial charge in [-0.3, -0.25) is 4.79 Å². The van der Waals surface area contributed by atoms with E-state index in [1.165, 1.54) is 0 Å². The predicted molar refractivity (Wildman–Crippen MR) is 118 cm³/mol. The van der Waals surface area contributed by atoms with Gasteiger partial charge in [0.25, 0.3) is 0 Å². The van der Waals surface area contributed by atoms with Gasteiger partial charge in [0.1, 0.15) is 11.4 Å². The maximum Gasteiger partial charge on any atom is 0.145 e. The van der Waals surface area contributed by atoms with Crippen molar-refractivity contribution in [2.24, 2.45) is 5.92 Å². The first-order valence-corrected chi connectivity index (χ1v) is 10.6. The SMILES string of the molecule is CC(Cc1ccc(C(O)(c2ccccc2)c2ccccc2)cc1)C(=O)CI. The lowest BCUT2D eigenvalue weighted by molar-refractivity contribution is -0.119. The Bertz CT molecular complexity index is 834. The minimum atomic E-state index is -1.22. The van der Waals surface area contributed by atoms with Gasteiger partial charge in [-0.05, 0) is 28.7 Å². The summed E-state index contributed by atoms with van der Waals surface area (Å²) >= 11 is 2.12. The number of benzene rings is 3. The summed E-state index contributed by atoms with van der Waals surface area (Å²) in [6.45, 7) is 1.97. The molecule has 0 fully saturated rings. The van der Waals surface area contributed by atoms with Gasteiger partial charge in [-0.2, -0.15) is 0 Å². The smallest absolute Gasteiger partial charge is 0.145 e. The molecule has 0 aliphatic heterocycles. The Hall–Kier alpha value is -1.98. The van der Waals surface area contributed by atoms with E-state index >= 15 is 0 Å². The molecule has 0 aromatic heterocycles. The number of Topliss-reactive ketones (excluding diaryl/α,β-unsaturated/α-hetero) is 1. The van der Waals surface area contributed by atoms with Crippen LogP contribution in [-0.2, 0) is 16.8 Å². The predicted octanol–water partition coefficient (Wildman–Crippen LogP) is 5.15. The van der Waals surface area contributed by atoms with E-state index in [-0.39, 0.29) is 11.7 Å². The Kier molecular flexibility index (Phi) is 6.45. The first-order chi connectivity index (χ1) is 13.1. The molecule has 0 radical (unpaired) electrons. The number of ketones is 1. The van der Waals surface area contributed by atoms with Gasteiger partial charge >= 0.3 is 0 Å². The van der Waals surface area contributed by atoms with Crippen LogP contribution >= 0.6 is 22.6 Å². The fraction of sp³-hybridized carbons (Fsp3) is 0.208. The topological polar surface area (TPSA) is 37.3 Å². The molecule has 0 heterocycles. The molecule has 3 heteroatoms. The second kappa shape index (κ2) is 8.81. The van der Waals surface area contributed by atoms with Gasteiger partial charge < -0.3 is 5.11 Å². The summed E-state index contributed by atoms with van der Waals surface area (Å²) in [6, 6.07) is 27.4. The zero-order chi connectivity index (χ0) is 19.3. The highest BCUT2D eigenvalue weighted by atomic mass is 127. The van der Waals surface area contributed by atoms with Crippen LogP contribution in [-0.4, -0.2) is 15.3 Å². The number of hydrogen-bond donors (Lipinski definition) is 1. The third-order valence-electron chi connectivity index (χ3n) is 4.98. The summed E-state index contributed by atoms with van der Waals surface area (Å²) in [4.78, 5) is 11.9. The molecule has 0 saturated heterocycles. The third kappa shape index (κ3) is 4.30. The fourth-order valence-electron chi connectivity index (χ4n) is 3.34. The van der Waals surface area contributed by atoms with Crippen molar-refractivity contribution in [3.05, 3.63) is 107 Å². The highest BCUT2D eigenvalue weighted by Gasteiger charge is 2.33. The van der Waals surface area contributed by atoms with Crippen molar-refractivity contribution in [1.29, 1.82) is 0 Å². The van der Waals surface area contributed by atoms with Crippen LogP contribution in [0.15, 0.2) is 84.9 Å². The molecule has 0 bridgehead atoms. The van der Waals surface area contributed by atoms with Gasteiger partial charge in [-0.1, -0.05) is 114 Å². The van der Waals surface area contributed by atoms with Gasteiger partial charge in [0.15, 0.2) is 0 Å². The van der Waals surface area contributed by atoms with Crippen LogP contribution in [0.25, 0.3) is 0 Å². The molecule has 0 aliphatic rings. The van der Waals surface area contributed by atoms with Gasteiger partial charge in [0.2, 0.25) is 0 Å². The second-order valence-electron chi connectivity index (χ2n) is 6.84. The van der Waals surface area contributed by atoms with E-state index in [0.717, 1.165) is 28.7 Å². The maximum atomic E-state index is 11.9. The summed E-state index contributed by atoms with van der Waals surface area (Å²) in [7, 11) is 0. The van der Waals surface area contributed by atoms with Crippen molar-refractivity contribution in [1.82, 2.24) is 0 Å². The molecule has 1 N–H and O–H groups in total. The Balaban J connectivity index is 1.98. The number of alkyl halides is 1. The largest absolute Gasteiger partial charge is 0.376 e. The second-order valence-corrected chi connectivity index (χ2v) is 7.61. The summed E-state index contributed by atoms with van der Waals surface area (Å²) in [5, 5.41) is 11.8. The van der Waals surface area contributed by atoms with Crippen LogP contribution in [0.5, 0.6) is 0 Å². The van der Waals surface area contributed by atoms with E-state index in [1.807, 2.05) is 91.9 Å². The average molecular weight is 470 g/mol. The van der Waals surface area contributed by atoms with Gasteiger partial charge in [0, 0.05) is 5.92 Å². The lowest BCUT2D eigenvalue weighted by atomic mass is 9.80. The molecule has 0 amide bonds. The molecule has 1 unspecified atom stereocenters. The zero-order valence-electron chi connectivity index (χ0n) is 15.3. The summed E-state index contributed by atoms with van der Waals surface area (Å²) < 4.78 is 0.540. The normalized spacial score (nSPS) is 12.6. The quantitative estimate of drug-likeness (QED) is 0.295. The van der Waals surface area contributed by atoms with Crippen molar-refractivity contribution in [3.8, 4) is 0 Å². The summed E-state index contributed by atoms with van der Waals surface area (Å²) in [5.41, 5.74) is 2.37. The van der Waals surface area contributed by atoms with Gasteiger partial charge in [0.05, 0.1) is 4.43 Å². The number of rotatable bonds is 7. The Morgan fingerprint density at radius 2 is 1.30 bits per heavy atom. The first kappa shape index (κ1) is 19.8. The van der Waals surface area contributed by atoms with Crippen molar-refractivity contribution < 1.29 is 9.90 Å². The van der Waals surface area contributed by atoms with Gasteiger partial charge in [-0.15, -0.1) is 0 Å². The molecule has 0 spiro atoms. The number of aliphatic hydroxyl groups is 1. The van der Waals surface area contributed by atoms with Crippen LogP contribution in [0.4, 0.5) is 0 Å². The minimum Gasteiger partial charge on any atom is -0.376 e. The molecular weight excluding hydrogens is 447 g/mol. The van der Waals surface area contributed by atoms with Crippen LogP contribution in [0.3, 0.4) is 0 Å². The molecular formula is C24H23IO2. The van der Waals surface area contributed by atoms with Crippen LogP contribution < -0.4 is 0 Å². The molecule has 0 aliphatic carbocycles. The Morgan fingerprint density at radius 3 is 1.74 bits per heavy atom.